The minimum atomic E-state index is -0.145. The molecule has 3 aromatic rings. The van der Waals surface area contributed by atoms with Crippen LogP contribution in [-0.4, -0.2) is 10.1 Å². The summed E-state index contributed by atoms with van der Waals surface area (Å²) in [6.07, 6.45) is 0. The Labute approximate surface area is 135 Å². The Bertz CT molecular complexity index is 807. The van der Waals surface area contributed by atoms with Crippen molar-refractivity contribution in [1.82, 2.24) is 4.98 Å². The molecule has 0 unspecified atom stereocenters. The summed E-state index contributed by atoms with van der Waals surface area (Å²) in [5.41, 5.74) is 0.551. The molecule has 3 rings (SSSR count). The van der Waals surface area contributed by atoms with Crippen molar-refractivity contribution in [1.29, 1.82) is 0 Å². The van der Waals surface area contributed by atoms with Crippen LogP contribution >= 0.6 is 27.5 Å². The van der Waals surface area contributed by atoms with E-state index in [9.17, 15) is 5.11 Å². The van der Waals surface area contributed by atoms with Crippen molar-refractivity contribution < 1.29 is 9.84 Å². The van der Waals surface area contributed by atoms with E-state index < -0.39 is 0 Å². The van der Waals surface area contributed by atoms with Crippen molar-refractivity contribution >= 4 is 38.3 Å². The minimum absolute atomic E-state index is 0.145. The Morgan fingerprint density at radius 1 is 1.14 bits per heavy atom. The molecule has 0 spiro atoms. The van der Waals surface area contributed by atoms with Crippen molar-refractivity contribution in [3.63, 3.8) is 0 Å². The third-order valence-corrected chi connectivity index (χ3v) is 3.83. The van der Waals surface area contributed by atoms with Gasteiger partial charge in [-0.1, -0.05) is 45.7 Å². The second-order valence-electron chi connectivity index (χ2n) is 4.47. The van der Waals surface area contributed by atoms with Crippen LogP contribution in [-0.2, 0) is 6.61 Å². The van der Waals surface area contributed by atoms with E-state index >= 15 is 0 Å². The highest BCUT2D eigenvalue weighted by Crippen LogP contribution is 2.34. The second kappa shape index (κ2) is 6.02. The SMILES string of the molecule is OCc1cc2ccccc2c(Oc2cc(Br)ccc2Cl)n1. The van der Waals surface area contributed by atoms with Crippen molar-refractivity contribution in [2.75, 3.05) is 0 Å². The summed E-state index contributed by atoms with van der Waals surface area (Å²) in [6, 6.07) is 14.9. The predicted molar refractivity (Wildman–Crippen MR) is 86.9 cm³/mol. The molecule has 1 N–H and O–H groups in total. The van der Waals surface area contributed by atoms with Gasteiger partial charge in [0.05, 0.1) is 17.3 Å². The molecule has 0 bridgehead atoms. The van der Waals surface area contributed by atoms with Gasteiger partial charge < -0.3 is 9.84 Å². The van der Waals surface area contributed by atoms with Gasteiger partial charge in [-0.15, -0.1) is 0 Å². The molecule has 0 radical (unpaired) electrons. The highest BCUT2D eigenvalue weighted by Gasteiger charge is 2.10. The van der Waals surface area contributed by atoms with Gasteiger partial charge >= 0.3 is 0 Å². The van der Waals surface area contributed by atoms with Crippen LogP contribution in [0.5, 0.6) is 11.6 Å². The minimum Gasteiger partial charge on any atom is -0.437 e. The fraction of sp³-hybridized carbons (Fsp3) is 0.0625. The smallest absolute Gasteiger partial charge is 0.227 e. The monoisotopic (exact) mass is 363 g/mol. The number of fused-ring (bicyclic) bond motifs is 1. The van der Waals surface area contributed by atoms with E-state index in [2.05, 4.69) is 20.9 Å². The van der Waals surface area contributed by atoms with E-state index in [0.717, 1.165) is 15.2 Å². The summed E-state index contributed by atoms with van der Waals surface area (Å²) >= 11 is 9.54. The molecule has 106 valence electrons. The van der Waals surface area contributed by atoms with Crippen LogP contribution in [0, 0.1) is 0 Å². The number of aliphatic hydroxyl groups is 1. The zero-order chi connectivity index (χ0) is 14.8. The zero-order valence-corrected chi connectivity index (χ0v) is 13.2. The van der Waals surface area contributed by atoms with Crippen LogP contribution in [0.1, 0.15) is 5.69 Å². The van der Waals surface area contributed by atoms with Crippen LogP contribution in [0.15, 0.2) is 53.0 Å². The lowest BCUT2D eigenvalue weighted by molar-refractivity contribution is 0.275. The number of rotatable bonds is 3. The molecule has 1 heterocycles. The van der Waals surface area contributed by atoms with Crippen LogP contribution < -0.4 is 4.74 Å². The standard InChI is InChI=1S/C16H11BrClNO2/c17-11-5-6-14(18)15(8-11)21-16-13-4-2-1-3-10(13)7-12(9-20)19-16/h1-8,20H,9H2. The van der Waals surface area contributed by atoms with Gasteiger partial charge in [0, 0.05) is 9.86 Å². The quantitative estimate of drug-likeness (QED) is 0.716. The molecule has 0 aliphatic heterocycles. The second-order valence-corrected chi connectivity index (χ2v) is 5.80. The number of hydrogen-bond acceptors (Lipinski definition) is 3. The number of nitrogens with zero attached hydrogens (tertiary/aromatic N) is 1. The Morgan fingerprint density at radius 3 is 2.76 bits per heavy atom. The third kappa shape index (κ3) is 3.02. The zero-order valence-electron chi connectivity index (χ0n) is 10.9. The molecule has 0 saturated heterocycles. The molecule has 3 nitrogen and oxygen atoms in total. The van der Waals surface area contributed by atoms with Crippen LogP contribution in [0.2, 0.25) is 5.02 Å². The Balaban J connectivity index is 2.13. The van der Waals surface area contributed by atoms with Crippen molar-refractivity contribution in [2.24, 2.45) is 0 Å². The highest BCUT2D eigenvalue weighted by molar-refractivity contribution is 9.10. The van der Waals surface area contributed by atoms with E-state index in [1.807, 2.05) is 36.4 Å². The first kappa shape index (κ1) is 14.3. The topological polar surface area (TPSA) is 42.4 Å². The van der Waals surface area contributed by atoms with Gasteiger partial charge in [0.15, 0.2) is 0 Å². The molecule has 1 aromatic heterocycles. The van der Waals surface area contributed by atoms with E-state index in [0.29, 0.717) is 22.3 Å². The molecule has 0 aliphatic carbocycles. The average Bonchev–Trinajstić information content (AvgIpc) is 2.50. The number of ether oxygens (including phenoxy) is 1. The molecular formula is C16H11BrClNO2. The number of benzene rings is 2. The Morgan fingerprint density at radius 2 is 1.95 bits per heavy atom. The number of aliphatic hydroxyl groups excluding tert-OH is 1. The molecule has 0 aliphatic rings. The Hall–Kier alpha value is -1.62. The summed E-state index contributed by atoms with van der Waals surface area (Å²) < 4.78 is 6.73. The van der Waals surface area contributed by atoms with Gasteiger partial charge in [0.25, 0.3) is 0 Å². The van der Waals surface area contributed by atoms with Gasteiger partial charge in [-0.3, -0.25) is 0 Å². The van der Waals surface area contributed by atoms with Gasteiger partial charge in [-0.25, -0.2) is 4.98 Å². The molecule has 0 atom stereocenters. The summed E-state index contributed by atoms with van der Waals surface area (Å²) in [5, 5.41) is 11.7. The largest absolute Gasteiger partial charge is 0.437 e. The van der Waals surface area contributed by atoms with E-state index in [4.69, 9.17) is 16.3 Å². The van der Waals surface area contributed by atoms with Gasteiger partial charge in [-0.2, -0.15) is 0 Å². The molecule has 0 fully saturated rings. The lowest BCUT2D eigenvalue weighted by Crippen LogP contribution is -1.95. The van der Waals surface area contributed by atoms with Gasteiger partial charge in [0.1, 0.15) is 5.75 Å². The van der Waals surface area contributed by atoms with E-state index in [1.165, 1.54) is 0 Å². The number of hydrogen-bond donors (Lipinski definition) is 1. The lowest BCUT2D eigenvalue weighted by Gasteiger charge is -2.11. The third-order valence-electron chi connectivity index (χ3n) is 3.02. The number of halogens is 2. The summed E-state index contributed by atoms with van der Waals surface area (Å²) in [7, 11) is 0. The van der Waals surface area contributed by atoms with E-state index in [-0.39, 0.29) is 6.61 Å². The number of aromatic nitrogens is 1. The first-order chi connectivity index (χ1) is 10.2. The van der Waals surface area contributed by atoms with Crippen LogP contribution in [0.4, 0.5) is 0 Å². The lowest BCUT2D eigenvalue weighted by atomic mass is 10.1. The first-order valence-electron chi connectivity index (χ1n) is 6.30. The van der Waals surface area contributed by atoms with Gasteiger partial charge in [0.2, 0.25) is 5.88 Å². The Kier molecular flexibility index (Phi) is 4.10. The van der Waals surface area contributed by atoms with Gasteiger partial charge in [-0.05, 0) is 35.7 Å². The molecular weight excluding hydrogens is 354 g/mol. The maximum atomic E-state index is 9.33. The molecule has 5 heteroatoms. The molecule has 0 saturated carbocycles. The summed E-state index contributed by atoms with van der Waals surface area (Å²) in [4.78, 5) is 4.34. The summed E-state index contributed by atoms with van der Waals surface area (Å²) in [5.74, 6) is 0.941. The van der Waals surface area contributed by atoms with Crippen molar-refractivity contribution in [3.8, 4) is 11.6 Å². The first-order valence-corrected chi connectivity index (χ1v) is 7.47. The van der Waals surface area contributed by atoms with Crippen molar-refractivity contribution in [3.05, 3.63) is 63.7 Å². The van der Waals surface area contributed by atoms with E-state index in [1.54, 1.807) is 12.1 Å². The molecule has 2 aromatic carbocycles. The van der Waals surface area contributed by atoms with Crippen molar-refractivity contribution in [2.45, 2.75) is 6.61 Å². The average molecular weight is 365 g/mol. The maximum Gasteiger partial charge on any atom is 0.227 e. The molecule has 21 heavy (non-hydrogen) atoms. The number of pyridine rings is 1. The summed E-state index contributed by atoms with van der Waals surface area (Å²) in [6.45, 7) is -0.145. The normalized spacial score (nSPS) is 10.8. The predicted octanol–water partition coefficient (Wildman–Crippen LogP) is 4.94. The van der Waals surface area contributed by atoms with Crippen LogP contribution in [0.25, 0.3) is 10.8 Å². The van der Waals surface area contributed by atoms with Crippen LogP contribution in [0.3, 0.4) is 0 Å². The fourth-order valence-corrected chi connectivity index (χ4v) is 2.53. The fourth-order valence-electron chi connectivity index (χ4n) is 2.04. The highest BCUT2D eigenvalue weighted by atomic mass is 79.9. The maximum absolute atomic E-state index is 9.33. The molecule has 0 amide bonds.